The first-order valence-electron chi connectivity index (χ1n) is 10.5. The van der Waals surface area contributed by atoms with E-state index >= 15 is 0 Å². The Morgan fingerprint density at radius 3 is 2.56 bits per heavy atom. The first-order valence-corrected chi connectivity index (χ1v) is 11.3. The van der Waals surface area contributed by atoms with Gasteiger partial charge in [-0.1, -0.05) is 29.3 Å². The van der Waals surface area contributed by atoms with Gasteiger partial charge < -0.3 is 15.2 Å². The number of pyridine rings is 1. The number of nitrogens with one attached hydrogen (secondary N) is 1. The van der Waals surface area contributed by atoms with E-state index in [2.05, 4.69) is 15.2 Å². The summed E-state index contributed by atoms with van der Waals surface area (Å²) in [5, 5.41) is 14.7. The molecule has 0 aliphatic carbocycles. The molecule has 168 valence electrons. The number of morpholine rings is 1. The van der Waals surface area contributed by atoms with Gasteiger partial charge in [0.2, 0.25) is 0 Å². The van der Waals surface area contributed by atoms with Crippen LogP contribution in [-0.4, -0.2) is 54.4 Å². The summed E-state index contributed by atoms with van der Waals surface area (Å²) in [5.41, 5.74) is 2.11. The van der Waals surface area contributed by atoms with E-state index < -0.39 is 5.82 Å². The Morgan fingerprint density at radius 1 is 1.06 bits per heavy atom. The summed E-state index contributed by atoms with van der Waals surface area (Å²) >= 11 is 12.9. The molecule has 32 heavy (non-hydrogen) atoms. The van der Waals surface area contributed by atoms with Gasteiger partial charge in [-0.15, -0.1) is 0 Å². The van der Waals surface area contributed by atoms with Crippen LogP contribution in [0, 0.1) is 5.82 Å². The summed E-state index contributed by atoms with van der Waals surface area (Å²) < 4.78 is 19.3. The minimum absolute atomic E-state index is 0.0560. The van der Waals surface area contributed by atoms with Gasteiger partial charge in [-0.3, -0.25) is 4.90 Å². The van der Waals surface area contributed by atoms with Gasteiger partial charge in [-0.05, 0) is 61.0 Å². The second-order valence-electron chi connectivity index (χ2n) is 7.62. The number of anilines is 1. The van der Waals surface area contributed by atoms with Crippen molar-refractivity contribution < 1.29 is 14.2 Å². The Bertz CT molecular complexity index is 1070. The molecule has 8 heteroatoms. The van der Waals surface area contributed by atoms with Crippen molar-refractivity contribution in [2.75, 3.05) is 44.7 Å². The second-order valence-corrected chi connectivity index (χ2v) is 8.43. The van der Waals surface area contributed by atoms with Crippen molar-refractivity contribution in [1.82, 2.24) is 9.88 Å². The largest absolute Gasteiger partial charge is 0.507 e. The number of hydrogen-bond acceptors (Lipinski definition) is 5. The van der Waals surface area contributed by atoms with Crippen molar-refractivity contribution in [2.24, 2.45) is 0 Å². The summed E-state index contributed by atoms with van der Waals surface area (Å²) in [6.45, 7) is 5.11. The van der Waals surface area contributed by atoms with Crippen LogP contribution in [0.25, 0.3) is 22.4 Å². The second kappa shape index (κ2) is 10.5. The van der Waals surface area contributed by atoms with Crippen LogP contribution in [0.2, 0.25) is 10.0 Å². The highest BCUT2D eigenvalue weighted by Crippen LogP contribution is 2.38. The average molecular weight is 476 g/mol. The van der Waals surface area contributed by atoms with Gasteiger partial charge >= 0.3 is 0 Å². The molecule has 0 unspecified atom stereocenters. The van der Waals surface area contributed by atoms with Crippen LogP contribution in [-0.2, 0) is 4.74 Å². The highest BCUT2D eigenvalue weighted by atomic mass is 35.5. The Labute approximate surface area is 196 Å². The van der Waals surface area contributed by atoms with Crippen molar-refractivity contribution >= 4 is 29.0 Å². The van der Waals surface area contributed by atoms with Crippen LogP contribution < -0.4 is 5.32 Å². The maximum Gasteiger partial charge on any atom is 0.127 e. The van der Waals surface area contributed by atoms with Crippen LogP contribution >= 0.6 is 23.2 Å². The lowest BCUT2D eigenvalue weighted by atomic mass is 10.0. The standard InChI is InChI=1S/C24H24Cl2FN3O2/c25-19-3-1-4-20(26)24(19)16-13-21(18-15-17(27)5-6-22(18)31)29-23(14-16)28-7-2-8-30-9-11-32-12-10-30/h1,3-6,13-15,31H,2,7-12H2,(H,28,29). The molecule has 5 nitrogen and oxygen atoms in total. The molecule has 1 fully saturated rings. The van der Waals surface area contributed by atoms with Gasteiger partial charge in [0.1, 0.15) is 17.4 Å². The van der Waals surface area contributed by atoms with E-state index in [1.54, 1.807) is 24.3 Å². The average Bonchev–Trinajstić information content (AvgIpc) is 2.79. The quantitative estimate of drug-likeness (QED) is 0.429. The highest BCUT2D eigenvalue weighted by Gasteiger charge is 2.15. The number of benzene rings is 2. The fourth-order valence-corrected chi connectivity index (χ4v) is 4.35. The van der Waals surface area contributed by atoms with Crippen molar-refractivity contribution in [3.8, 4) is 28.1 Å². The lowest BCUT2D eigenvalue weighted by molar-refractivity contribution is 0.0378. The van der Waals surface area contributed by atoms with E-state index in [0.29, 0.717) is 39.2 Å². The van der Waals surface area contributed by atoms with Crippen LogP contribution in [0.15, 0.2) is 48.5 Å². The molecule has 2 N–H and O–H groups in total. The summed E-state index contributed by atoms with van der Waals surface area (Å²) in [6, 6.07) is 12.7. The van der Waals surface area contributed by atoms with Crippen LogP contribution in [0.3, 0.4) is 0 Å². The van der Waals surface area contributed by atoms with Crippen molar-refractivity contribution in [3.05, 3.63) is 64.4 Å². The van der Waals surface area contributed by atoms with Crippen molar-refractivity contribution in [3.63, 3.8) is 0 Å². The highest BCUT2D eigenvalue weighted by molar-refractivity contribution is 6.39. The molecule has 1 saturated heterocycles. The first-order chi connectivity index (χ1) is 15.5. The van der Waals surface area contributed by atoms with E-state index in [4.69, 9.17) is 27.9 Å². The lowest BCUT2D eigenvalue weighted by Crippen LogP contribution is -2.37. The van der Waals surface area contributed by atoms with Gasteiger partial charge in [-0.2, -0.15) is 0 Å². The Balaban J connectivity index is 1.62. The number of aromatic hydroxyl groups is 1. The zero-order valence-electron chi connectivity index (χ0n) is 17.5. The molecule has 1 aliphatic heterocycles. The number of aromatic nitrogens is 1. The Hall–Kier alpha value is -2.38. The van der Waals surface area contributed by atoms with E-state index in [9.17, 15) is 9.50 Å². The van der Waals surface area contributed by atoms with Gasteiger partial charge in [0.05, 0.1) is 18.9 Å². The molecule has 0 spiro atoms. The summed E-state index contributed by atoms with van der Waals surface area (Å²) in [5.74, 6) is 0.0829. The van der Waals surface area contributed by atoms with E-state index in [-0.39, 0.29) is 5.75 Å². The third kappa shape index (κ3) is 5.51. The fraction of sp³-hybridized carbons (Fsp3) is 0.292. The monoisotopic (exact) mass is 475 g/mol. The van der Waals surface area contributed by atoms with Crippen LogP contribution in [0.1, 0.15) is 6.42 Å². The maximum atomic E-state index is 13.9. The van der Waals surface area contributed by atoms with Gasteiger partial charge in [0.15, 0.2) is 0 Å². The molecule has 0 amide bonds. The molecule has 4 rings (SSSR count). The van der Waals surface area contributed by atoms with E-state index in [1.807, 2.05) is 6.07 Å². The number of ether oxygens (including phenoxy) is 1. The lowest BCUT2D eigenvalue weighted by Gasteiger charge is -2.26. The van der Waals surface area contributed by atoms with Crippen LogP contribution in [0.4, 0.5) is 10.2 Å². The Kier molecular flexibility index (Phi) is 7.48. The van der Waals surface area contributed by atoms with Gasteiger partial charge in [0.25, 0.3) is 0 Å². The molecule has 2 aromatic carbocycles. The third-order valence-corrected chi connectivity index (χ3v) is 6.00. The smallest absolute Gasteiger partial charge is 0.127 e. The topological polar surface area (TPSA) is 57.6 Å². The van der Waals surface area contributed by atoms with Crippen molar-refractivity contribution in [2.45, 2.75) is 6.42 Å². The van der Waals surface area contributed by atoms with Crippen LogP contribution in [0.5, 0.6) is 5.75 Å². The number of rotatable bonds is 7. The molecule has 0 radical (unpaired) electrons. The zero-order valence-corrected chi connectivity index (χ0v) is 19.0. The van der Waals surface area contributed by atoms with E-state index in [0.717, 1.165) is 44.8 Å². The predicted molar refractivity (Wildman–Crippen MR) is 127 cm³/mol. The number of nitrogens with zero attached hydrogens (tertiary/aromatic N) is 2. The number of phenols is 1. The molecular formula is C24H24Cl2FN3O2. The molecule has 0 saturated carbocycles. The number of hydrogen-bond donors (Lipinski definition) is 2. The molecule has 3 aromatic rings. The summed E-state index contributed by atoms with van der Waals surface area (Å²) in [4.78, 5) is 6.99. The third-order valence-electron chi connectivity index (χ3n) is 5.37. The Morgan fingerprint density at radius 2 is 1.81 bits per heavy atom. The molecular weight excluding hydrogens is 452 g/mol. The minimum Gasteiger partial charge on any atom is -0.507 e. The molecule has 0 atom stereocenters. The maximum absolute atomic E-state index is 13.9. The van der Waals surface area contributed by atoms with E-state index in [1.165, 1.54) is 18.2 Å². The predicted octanol–water partition coefficient (Wildman–Crippen LogP) is 5.70. The normalized spacial score (nSPS) is 14.5. The zero-order chi connectivity index (χ0) is 22.5. The summed E-state index contributed by atoms with van der Waals surface area (Å²) in [6.07, 6.45) is 0.930. The number of halogens is 3. The number of phenolic OH excluding ortho intramolecular Hbond substituents is 1. The molecule has 1 aliphatic rings. The molecule has 1 aromatic heterocycles. The van der Waals surface area contributed by atoms with Gasteiger partial charge in [0, 0.05) is 40.8 Å². The SMILES string of the molecule is Oc1ccc(F)cc1-c1cc(-c2c(Cl)cccc2Cl)cc(NCCCN2CCOCC2)n1. The first kappa shape index (κ1) is 22.8. The summed E-state index contributed by atoms with van der Waals surface area (Å²) in [7, 11) is 0. The fourth-order valence-electron chi connectivity index (χ4n) is 3.73. The molecule has 2 heterocycles. The molecule has 0 bridgehead atoms. The van der Waals surface area contributed by atoms with Crippen molar-refractivity contribution in [1.29, 1.82) is 0 Å². The van der Waals surface area contributed by atoms with Gasteiger partial charge in [-0.25, -0.2) is 9.37 Å². The minimum atomic E-state index is -0.458.